The lowest BCUT2D eigenvalue weighted by atomic mass is 9.88. The summed E-state index contributed by atoms with van der Waals surface area (Å²) in [5.74, 6) is 0.413. The van der Waals surface area contributed by atoms with Crippen molar-refractivity contribution in [2.24, 2.45) is 4.99 Å². The van der Waals surface area contributed by atoms with E-state index in [2.05, 4.69) is 23.8 Å². The van der Waals surface area contributed by atoms with Gasteiger partial charge in [0.15, 0.2) is 17.8 Å². The molecule has 7 rings (SSSR count). The highest BCUT2D eigenvalue weighted by Crippen LogP contribution is 2.51. The van der Waals surface area contributed by atoms with E-state index < -0.39 is 5.66 Å². The van der Waals surface area contributed by atoms with Crippen LogP contribution in [-0.4, -0.2) is 78.0 Å². The van der Waals surface area contributed by atoms with Crippen molar-refractivity contribution < 1.29 is 14.2 Å². The molecule has 0 amide bonds. The highest BCUT2D eigenvalue weighted by molar-refractivity contribution is 5.77. The fourth-order valence-electron chi connectivity index (χ4n) is 8.55. The fourth-order valence-corrected chi connectivity index (χ4v) is 8.55. The SMILES string of the molecule is C=N[C@@]1(n2c(=O)c(N(CCOCc3ccccc3)CC3OC3OCC)nc3ccccc32)C[C@@H]2CC[C@H]1N2C1CCCCCCC1. The highest BCUT2D eigenvalue weighted by Gasteiger charge is 2.59. The van der Waals surface area contributed by atoms with Gasteiger partial charge in [0.05, 0.1) is 36.8 Å². The Hall–Kier alpha value is -3.11. The van der Waals surface area contributed by atoms with Gasteiger partial charge in [-0.05, 0) is 57.0 Å². The number of hydrogen-bond acceptors (Lipinski definition) is 8. The topological polar surface area (TPSA) is 84.7 Å². The summed E-state index contributed by atoms with van der Waals surface area (Å²) in [6.45, 7) is 8.69. The molecule has 9 nitrogen and oxygen atoms in total. The number of ether oxygens (including phenoxy) is 3. The average molecular weight is 628 g/mol. The summed E-state index contributed by atoms with van der Waals surface area (Å²) < 4.78 is 19.7. The fraction of sp³-hybridized carbons (Fsp3) is 0.595. The van der Waals surface area contributed by atoms with E-state index in [4.69, 9.17) is 24.2 Å². The monoisotopic (exact) mass is 627 g/mol. The normalized spacial score (nSPS) is 28.3. The molecule has 0 N–H and O–H groups in total. The van der Waals surface area contributed by atoms with Crippen LogP contribution in [-0.2, 0) is 26.5 Å². The minimum Gasteiger partial charge on any atom is -0.375 e. The number of benzene rings is 2. The Morgan fingerprint density at radius 3 is 2.54 bits per heavy atom. The molecule has 1 saturated carbocycles. The van der Waals surface area contributed by atoms with E-state index in [1.54, 1.807) is 0 Å². The molecule has 0 radical (unpaired) electrons. The van der Waals surface area contributed by atoms with Gasteiger partial charge in [-0.15, -0.1) is 0 Å². The Kier molecular flexibility index (Phi) is 9.54. The summed E-state index contributed by atoms with van der Waals surface area (Å²) in [6.07, 6.45) is 11.6. The second-order valence-electron chi connectivity index (χ2n) is 13.5. The number of fused-ring (bicyclic) bond motifs is 3. The molecule has 1 aromatic heterocycles. The van der Waals surface area contributed by atoms with Crippen LogP contribution in [0.4, 0.5) is 5.82 Å². The molecule has 4 fully saturated rings. The van der Waals surface area contributed by atoms with Crippen molar-refractivity contribution in [2.45, 2.75) is 114 Å². The minimum atomic E-state index is -0.737. The Balaban J connectivity index is 1.23. The molecule has 246 valence electrons. The highest BCUT2D eigenvalue weighted by atomic mass is 16.8. The van der Waals surface area contributed by atoms with Crippen LogP contribution < -0.4 is 10.5 Å². The molecule has 1 aliphatic carbocycles. The number of nitrogens with zero attached hydrogens (tertiary/aromatic N) is 5. The lowest BCUT2D eigenvalue weighted by molar-refractivity contribution is 0.0593. The third-order valence-electron chi connectivity index (χ3n) is 10.7. The smallest absolute Gasteiger partial charge is 0.296 e. The maximum absolute atomic E-state index is 14.9. The number of aromatic nitrogens is 2. The molecular weight excluding hydrogens is 578 g/mol. The Morgan fingerprint density at radius 1 is 1.00 bits per heavy atom. The zero-order chi connectivity index (χ0) is 31.5. The Morgan fingerprint density at radius 2 is 1.76 bits per heavy atom. The van der Waals surface area contributed by atoms with Crippen molar-refractivity contribution in [1.82, 2.24) is 14.5 Å². The van der Waals surface area contributed by atoms with Crippen molar-refractivity contribution in [1.29, 1.82) is 0 Å². The van der Waals surface area contributed by atoms with Gasteiger partial charge in [-0.3, -0.25) is 19.3 Å². The van der Waals surface area contributed by atoms with Crippen LogP contribution in [0.2, 0.25) is 0 Å². The molecule has 0 spiro atoms. The molecule has 9 heteroatoms. The molecule has 2 bridgehead atoms. The third kappa shape index (κ3) is 6.15. The van der Waals surface area contributed by atoms with Gasteiger partial charge in [-0.25, -0.2) is 4.98 Å². The van der Waals surface area contributed by atoms with E-state index in [1.165, 1.54) is 44.9 Å². The van der Waals surface area contributed by atoms with Crippen molar-refractivity contribution in [3.05, 3.63) is 70.5 Å². The van der Waals surface area contributed by atoms with Gasteiger partial charge in [0.2, 0.25) is 0 Å². The summed E-state index contributed by atoms with van der Waals surface area (Å²) in [6, 6.07) is 19.3. The van der Waals surface area contributed by atoms with Crippen LogP contribution in [0.25, 0.3) is 11.0 Å². The number of rotatable bonds is 13. The maximum atomic E-state index is 14.9. The second-order valence-corrected chi connectivity index (χ2v) is 13.5. The molecule has 46 heavy (non-hydrogen) atoms. The summed E-state index contributed by atoms with van der Waals surface area (Å²) in [4.78, 5) is 29.7. The van der Waals surface area contributed by atoms with Gasteiger partial charge in [0.1, 0.15) is 6.10 Å². The van der Waals surface area contributed by atoms with Gasteiger partial charge in [0, 0.05) is 31.7 Å². The molecule has 5 atom stereocenters. The number of hydrogen-bond donors (Lipinski definition) is 0. The van der Waals surface area contributed by atoms with E-state index in [0.717, 1.165) is 35.9 Å². The van der Waals surface area contributed by atoms with Crippen LogP contribution in [0.15, 0.2) is 64.4 Å². The first-order chi connectivity index (χ1) is 22.6. The van der Waals surface area contributed by atoms with Gasteiger partial charge in [0.25, 0.3) is 5.56 Å². The van der Waals surface area contributed by atoms with E-state index >= 15 is 0 Å². The predicted molar refractivity (Wildman–Crippen MR) is 181 cm³/mol. The standard InChI is InChI=1S/C37H49N5O4/c1-3-45-36-32(46-36)25-40(22-23-44-26-27-14-8-7-9-15-27)34-35(43)42(31-19-13-12-18-30(31)39-34)37(38-2)24-29-20-21-33(37)41(29)28-16-10-5-4-6-11-17-28/h7-9,12-15,18-19,28-29,32-33,36H,2-6,10-11,16-17,20-26H2,1H3/t29-,32?,33+,36?,37+/m0/s1. The first kappa shape index (κ1) is 31.5. The van der Waals surface area contributed by atoms with Gasteiger partial charge in [-0.2, -0.15) is 0 Å². The minimum absolute atomic E-state index is 0.118. The summed E-state index contributed by atoms with van der Waals surface area (Å²) in [5, 5.41) is 0. The van der Waals surface area contributed by atoms with Crippen molar-refractivity contribution in [3.63, 3.8) is 0 Å². The quantitative estimate of drug-likeness (QED) is 0.133. The largest absolute Gasteiger partial charge is 0.375 e. The van der Waals surface area contributed by atoms with E-state index in [9.17, 15) is 4.79 Å². The first-order valence-corrected chi connectivity index (χ1v) is 17.5. The van der Waals surface area contributed by atoms with Gasteiger partial charge >= 0.3 is 0 Å². The van der Waals surface area contributed by atoms with Crippen molar-refractivity contribution in [2.75, 3.05) is 31.2 Å². The second kappa shape index (κ2) is 13.9. The number of epoxide rings is 1. The summed E-state index contributed by atoms with van der Waals surface area (Å²) in [7, 11) is 0. The molecule has 3 saturated heterocycles. The maximum Gasteiger partial charge on any atom is 0.296 e. The lowest BCUT2D eigenvalue weighted by Crippen LogP contribution is -2.52. The van der Waals surface area contributed by atoms with Gasteiger partial charge < -0.3 is 19.1 Å². The van der Waals surface area contributed by atoms with E-state index in [1.807, 2.05) is 58.9 Å². The van der Waals surface area contributed by atoms with Gasteiger partial charge in [-0.1, -0.05) is 74.6 Å². The molecule has 2 aromatic carbocycles. The van der Waals surface area contributed by atoms with Crippen molar-refractivity contribution >= 4 is 23.6 Å². The first-order valence-electron chi connectivity index (χ1n) is 17.5. The molecular formula is C37H49N5O4. The molecule has 2 unspecified atom stereocenters. The summed E-state index contributed by atoms with van der Waals surface area (Å²) >= 11 is 0. The van der Waals surface area contributed by atoms with E-state index in [0.29, 0.717) is 50.8 Å². The van der Waals surface area contributed by atoms with Crippen LogP contribution >= 0.6 is 0 Å². The Labute approximate surface area is 272 Å². The molecule has 4 heterocycles. The number of para-hydroxylation sites is 2. The lowest BCUT2D eigenvalue weighted by Gasteiger charge is -2.39. The van der Waals surface area contributed by atoms with Crippen LogP contribution in [0.5, 0.6) is 0 Å². The average Bonchev–Trinajstić information content (AvgIpc) is 3.55. The van der Waals surface area contributed by atoms with E-state index in [-0.39, 0.29) is 24.0 Å². The van der Waals surface area contributed by atoms with Crippen LogP contribution in [0.3, 0.4) is 0 Å². The molecule has 3 aliphatic heterocycles. The zero-order valence-electron chi connectivity index (χ0n) is 27.3. The van der Waals surface area contributed by atoms with Crippen LogP contribution in [0.1, 0.15) is 76.7 Å². The molecule has 4 aliphatic rings. The number of aliphatic imine (C=N–C) groups is 1. The Bertz CT molecular complexity index is 1540. The molecule has 3 aromatic rings. The summed E-state index contributed by atoms with van der Waals surface area (Å²) in [5.41, 5.74) is 1.87. The third-order valence-corrected chi connectivity index (χ3v) is 10.7. The number of anilines is 1. The van der Waals surface area contributed by atoms with Crippen molar-refractivity contribution in [3.8, 4) is 0 Å². The van der Waals surface area contributed by atoms with Crippen LogP contribution in [0, 0.1) is 0 Å². The zero-order valence-corrected chi connectivity index (χ0v) is 27.3. The predicted octanol–water partition coefficient (Wildman–Crippen LogP) is 5.88.